The first-order valence-electron chi connectivity index (χ1n) is 10.5. The van der Waals surface area contributed by atoms with Gasteiger partial charge in [-0.15, -0.1) is 12.4 Å². The maximum Gasteiger partial charge on any atom is 0.0904 e. The smallest absolute Gasteiger partial charge is 0.0904 e. The number of H-pyrrole nitrogens is 1. The second-order valence-corrected chi connectivity index (χ2v) is 9.36. The normalized spacial score (nSPS) is 35.6. The van der Waals surface area contributed by atoms with Gasteiger partial charge in [-0.25, -0.2) is 4.99 Å². The summed E-state index contributed by atoms with van der Waals surface area (Å²) in [6.07, 6.45) is 14.0. The first-order valence-corrected chi connectivity index (χ1v) is 10.5. The molecule has 3 nitrogen and oxygen atoms in total. The summed E-state index contributed by atoms with van der Waals surface area (Å²) in [5, 5.41) is 3.90. The molecule has 0 amide bonds. The van der Waals surface area contributed by atoms with Gasteiger partial charge in [-0.05, 0) is 99.3 Å². The van der Waals surface area contributed by atoms with E-state index in [-0.39, 0.29) is 12.4 Å². The molecule has 2 heterocycles. The molecule has 1 aromatic heterocycles. The Bertz CT molecular complexity index is 791. The summed E-state index contributed by atoms with van der Waals surface area (Å²) in [6, 6.07) is 2.24. The molecule has 0 spiro atoms. The van der Waals surface area contributed by atoms with Gasteiger partial charge in [0.2, 0.25) is 0 Å². The molecule has 0 atom stereocenters. The fourth-order valence-electron chi connectivity index (χ4n) is 6.35. The molecule has 5 aliphatic rings. The van der Waals surface area contributed by atoms with Gasteiger partial charge in [-0.3, -0.25) is 0 Å². The molecule has 4 heteroatoms. The van der Waals surface area contributed by atoms with Crippen molar-refractivity contribution in [3.05, 3.63) is 46.6 Å². The molecule has 0 aromatic carbocycles. The Kier molecular flexibility index (Phi) is 4.78. The Balaban J connectivity index is 0.00000180. The summed E-state index contributed by atoms with van der Waals surface area (Å²) in [5.74, 6) is 2.92. The zero-order valence-electron chi connectivity index (χ0n) is 16.8. The van der Waals surface area contributed by atoms with Crippen molar-refractivity contribution in [2.45, 2.75) is 71.3 Å². The van der Waals surface area contributed by atoms with Crippen molar-refractivity contribution >= 4 is 18.1 Å². The fraction of sp³-hybridized carbons (Fsp3) is 0.609. The Hall–Kier alpha value is -1.48. The molecular weight excluding hydrogens is 354 g/mol. The summed E-state index contributed by atoms with van der Waals surface area (Å²) < 4.78 is 0. The summed E-state index contributed by atoms with van der Waals surface area (Å²) >= 11 is 0. The minimum atomic E-state index is 0. The third-order valence-corrected chi connectivity index (χ3v) is 7.49. The van der Waals surface area contributed by atoms with Gasteiger partial charge in [-0.1, -0.05) is 6.92 Å². The molecule has 1 aromatic rings. The van der Waals surface area contributed by atoms with E-state index >= 15 is 0 Å². The van der Waals surface area contributed by atoms with Crippen LogP contribution in [0.15, 0.2) is 40.3 Å². The van der Waals surface area contributed by atoms with E-state index in [2.05, 4.69) is 49.5 Å². The molecular formula is C23H32ClN3. The Morgan fingerprint density at radius 3 is 2.30 bits per heavy atom. The van der Waals surface area contributed by atoms with Crippen LogP contribution in [0.5, 0.6) is 0 Å². The van der Waals surface area contributed by atoms with Crippen molar-refractivity contribution in [3.63, 3.8) is 0 Å². The maximum absolute atomic E-state index is 4.99. The van der Waals surface area contributed by atoms with Crippen molar-refractivity contribution in [1.29, 1.82) is 0 Å². The number of hydrogen-bond donors (Lipinski definition) is 2. The van der Waals surface area contributed by atoms with Gasteiger partial charge in [0.25, 0.3) is 0 Å². The quantitative estimate of drug-likeness (QED) is 0.701. The Morgan fingerprint density at radius 2 is 1.74 bits per heavy atom. The van der Waals surface area contributed by atoms with Crippen LogP contribution in [0.4, 0.5) is 0 Å². The predicted molar refractivity (Wildman–Crippen MR) is 114 cm³/mol. The molecule has 27 heavy (non-hydrogen) atoms. The number of aliphatic imine (C=N–C) groups is 1. The summed E-state index contributed by atoms with van der Waals surface area (Å²) in [7, 11) is 0. The second-order valence-electron chi connectivity index (χ2n) is 9.36. The lowest BCUT2D eigenvalue weighted by molar-refractivity contribution is -0.0130. The summed E-state index contributed by atoms with van der Waals surface area (Å²) in [5.41, 5.74) is 7.70. The minimum Gasteiger partial charge on any atom is -0.384 e. The summed E-state index contributed by atoms with van der Waals surface area (Å²) in [4.78, 5) is 8.40. The molecule has 2 N–H and O–H groups in total. The molecule has 0 unspecified atom stereocenters. The third-order valence-electron chi connectivity index (χ3n) is 7.49. The molecule has 1 aliphatic heterocycles. The lowest BCUT2D eigenvalue weighted by Gasteiger charge is -2.57. The van der Waals surface area contributed by atoms with Gasteiger partial charge in [0.15, 0.2) is 0 Å². The zero-order valence-corrected chi connectivity index (χ0v) is 17.6. The number of aromatic amines is 1. The number of halogens is 1. The zero-order chi connectivity index (χ0) is 17.9. The van der Waals surface area contributed by atoms with Crippen molar-refractivity contribution in [1.82, 2.24) is 10.3 Å². The van der Waals surface area contributed by atoms with Crippen molar-refractivity contribution < 1.29 is 0 Å². The van der Waals surface area contributed by atoms with Gasteiger partial charge in [0.1, 0.15) is 0 Å². The highest BCUT2D eigenvalue weighted by atomic mass is 35.5. The van der Waals surface area contributed by atoms with E-state index in [9.17, 15) is 0 Å². The molecule has 146 valence electrons. The van der Waals surface area contributed by atoms with Crippen molar-refractivity contribution in [2.24, 2.45) is 22.7 Å². The number of nitrogens with one attached hydrogen (secondary N) is 2. The molecule has 6 rings (SSSR count). The molecule has 4 bridgehead atoms. The Morgan fingerprint density at radius 1 is 1.11 bits per heavy atom. The molecule has 4 aliphatic carbocycles. The first kappa shape index (κ1) is 18.9. The van der Waals surface area contributed by atoms with Crippen molar-refractivity contribution in [3.8, 4) is 0 Å². The van der Waals surface area contributed by atoms with E-state index in [4.69, 9.17) is 4.99 Å². The van der Waals surface area contributed by atoms with Gasteiger partial charge >= 0.3 is 0 Å². The van der Waals surface area contributed by atoms with Crippen LogP contribution in [0.25, 0.3) is 0 Å². The van der Waals surface area contributed by atoms with Crippen LogP contribution in [0.2, 0.25) is 0 Å². The van der Waals surface area contributed by atoms with Crippen LogP contribution in [-0.4, -0.2) is 16.2 Å². The minimum absolute atomic E-state index is 0. The Labute approximate surface area is 169 Å². The van der Waals surface area contributed by atoms with E-state index in [1.807, 2.05) is 0 Å². The number of rotatable bonds is 4. The third kappa shape index (κ3) is 3.18. The summed E-state index contributed by atoms with van der Waals surface area (Å²) in [6.45, 7) is 6.60. The lowest BCUT2D eigenvalue weighted by Crippen LogP contribution is -2.57. The molecule has 4 fully saturated rings. The van der Waals surface area contributed by atoms with E-state index in [1.54, 1.807) is 0 Å². The van der Waals surface area contributed by atoms with Crippen LogP contribution in [0.3, 0.4) is 0 Å². The van der Waals surface area contributed by atoms with E-state index < -0.39 is 0 Å². The first-order chi connectivity index (χ1) is 12.5. The fourth-order valence-corrected chi connectivity index (χ4v) is 6.35. The number of hydrogen-bond acceptors (Lipinski definition) is 2. The monoisotopic (exact) mass is 385 g/mol. The van der Waals surface area contributed by atoms with Crippen LogP contribution in [-0.2, 0) is 6.42 Å². The van der Waals surface area contributed by atoms with Gasteiger partial charge < -0.3 is 10.3 Å². The lowest BCUT2D eigenvalue weighted by atomic mass is 9.53. The predicted octanol–water partition coefficient (Wildman–Crippen LogP) is 5.54. The highest BCUT2D eigenvalue weighted by Gasteiger charge is 2.50. The average Bonchev–Trinajstić information content (AvgIpc) is 3.18. The highest BCUT2D eigenvalue weighted by Crippen LogP contribution is 2.55. The average molecular weight is 386 g/mol. The number of nitrogens with zero attached hydrogens (tertiary/aromatic N) is 1. The highest BCUT2D eigenvalue weighted by molar-refractivity contribution is 6.14. The van der Waals surface area contributed by atoms with Gasteiger partial charge in [-0.2, -0.15) is 0 Å². The maximum atomic E-state index is 4.99. The molecule has 0 radical (unpaired) electrons. The van der Waals surface area contributed by atoms with Crippen LogP contribution in [0, 0.1) is 17.8 Å². The number of aryl methyl sites for hydroxylation is 1. The van der Waals surface area contributed by atoms with Crippen molar-refractivity contribution in [2.75, 3.05) is 0 Å². The second kappa shape index (κ2) is 6.84. The molecule has 4 saturated carbocycles. The van der Waals surface area contributed by atoms with E-state index in [1.165, 1.54) is 55.2 Å². The number of aromatic nitrogens is 1. The van der Waals surface area contributed by atoms with E-state index in [0.29, 0.717) is 5.54 Å². The SMILES string of the molecule is CCc1c[nH]c(C2=N/C(=C/NC34CC5CC(CC(C5)C3)C4)C(C)=C2C)c1.Cl. The van der Waals surface area contributed by atoms with Crippen LogP contribution in [0.1, 0.15) is 70.6 Å². The van der Waals surface area contributed by atoms with Crippen LogP contribution < -0.4 is 5.32 Å². The van der Waals surface area contributed by atoms with Gasteiger partial charge in [0, 0.05) is 17.9 Å². The van der Waals surface area contributed by atoms with Gasteiger partial charge in [0.05, 0.1) is 17.1 Å². The largest absolute Gasteiger partial charge is 0.384 e. The molecule has 0 saturated heterocycles. The number of allylic oxidation sites excluding steroid dienone is 2. The van der Waals surface area contributed by atoms with Crippen LogP contribution >= 0.6 is 12.4 Å². The standard InChI is InChI=1S/C23H31N3.ClH/c1-4-16-8-20(24-12-16)22-15(3)14(2)21(26-22)13-25-23-9-17-5-18(10-23)7-19(6-17)11-23;/h8,12-13,17-19,24-25H,4-7,9-11H2,1-3H3;1H/b21-13+;. The van der Waals surface area contributed by atoms with E-state index in [0.717, 1.165) is 41.3 Å². The topological polar surface area (TPSA) is 40.2 Å².